The maximum Gasteiger partial charge on any atom is 0.134 e. The van der Waals surface area contributed by atoms with E-state index < -0.39 is 0 Å². The highest BCUT2D eigenvalue weighted by molar-refractivity contribution is 6.47. The molecule has 0 saturated heterocycles. The number of rotatable bonds is 9. The molecule has 0 aliphatic heterocycles. The minimum atomic E-state index is 0.214. The Morgan fingerprint density at radius 3 is 2.21 bits per heavy atom. The van der Waals surface area contributed by atoms with Crippen molar-refractivity contribution in [1.29, 1.82) is 0 Å². The number of ether oxygens (including phenoxy) is 1. The van der Waals surface area contributed by atoms with E-state index in [0.29, 0.717) is 34.5 Å². The van der Waals surface area contributed by atoms with Crippen LogP contribution in [-0.4, -0.2) is 42.7 Å². The van der Waals surface area contributed by atoms with Crippen molar-refractivity contribution in [2.24, 2.45) is 15.5 Å². The summed E-state index contributed by atoms with van der Waals surface area (Å²) in [4.78, 5) is 10.0. The molecule has 28 heavy (non-hydrogen) atoms. The fraction of sp³-hybridized carbons (Fsp3) is 0.250. The van der Waals surface area contributed by atoms with Gasteiger partial charge in [-0.25, -0.2) is 0 Å². The molecule has 0 unspecified atom stereocenters. The zero-order valence-corrected chi connectivity index (χ0v) is 16.7. The van der Waals surface area contributed by atoms with E-state index in [2.05, 4.69) is 15.5 Å². The lowest BCUT2D eigenvalue weighted by atomic mass is 10.1. The molecule has 0 aliphatic carbocycles. The molecule has 0 atom stereocenters. The van der Waals surface area contributed by atoms with Gasteiger partial charge in [-0.05, 0) is 50.2 Å². The van der Waals surface area contributed by atoms with Crippen molar-refractivity contribution in [3.05, 3.63) is 64.7 Å². The lowest BCUT2D eigenvalue weighted by Crippen LogP contribution is -2.14. The van der Waals surface area contributed by atoms with Gasteiger partial charge in [-0.15, -0.1) is 0 Å². The number of nitrogens with zero attached hydrogens (tertiary/aromatic N) is 3. The molecule has 0 bridgehead atoms. The first-order valence-electron chi connectivity index (χ1n) is 8.57. The second-order valence-electron chi connectivity index (χ2n) is 5.58. The van der Waals surface area contributed by atoms with Crippen molar-refractivity contribution >= 4 is 28.7 Å². The minimum absolute atomic E-state index is 0.214. The quantitative estimate of drug-likeness (QED) is 0.383. The van der Waals surface area contributed by atoms with Gasteiger partial charge in [0.15, 0.2) is 0 Å². The highest BCUT2D eigenvalue weighted by Gasteiger charge is 2.11. The Morgan fingerprint density at radius 1 is 1.00 bits per heavy atom. The van der Waals surface area contributed by atoms with E-state index in [1.807, 2.05) is 19.1 Å². The van der Waals surface area contributed by atoms with Crippen LogP contribution in [0.25, 0.3) is 0 Å². The van der Waals surface area contributed by atoms with E-state index in [9.17, 15) is 0 Å². The van der Waals surface area contributed by atoms with Gasteiger partial charge in [0.2, 0.25) is 0 Å². The molecule has 2 rings (SSSR count). The monoisotopic (exact) mass is 403 g/mol. The zero-order valence-electron chi connectivity index (χ0n) is 15.9. The zero-order chi connectivity index (χ0) is 20.4. The molecular formula is C20H22ClN3O4. The van der Waals surface area contributed by atoms with Crippen LogP contribution in [0, 0.1) is 0 Å². The summed E-state index contributed by atoms with van der Waals surface area (Å²) in [5, 5.41) is 20.9. The summed E-state index contributed by atoms with van der Waals surface area (Å²) in [6, 6.07) is 14.4. The average molecular weight is 404 g/mol. The van der Waals surface area contributed by atoms with Crippen LogP contribution in [0.15, 0.2) is 64.0 Å². The third-order valence-corrected chi connectivity index (χ3v) is 3.91. The summed E-state index contributed by atoms with van der Waals surface area (Å²) < 4.78 is 5.81. The Hall–Kier alpha value is -3.06. The van der Waals surface area contributed by atoms with Crippen LogP contribution in [0.3, 0.4) is 0 Å². The number of benzene rings is 2. The third kappa shape index (κ3) is 5.99. The van der Waals surface area contributed by atoms with Gasteiger partial charge < -0.3 is 19.6 Å². The smallest absolute Gasteiger partial charge is 0.134 e. The molecule has 8 heteroatoms. The van der Waals surface area contributed by atoms with Gasteiger partial charge in [0.05, 0.1) is 0 Å². The van der Waals surface area contributed by atoms with E-state index in [-0.39, 0.29) is 6.61 Å². The predicted molar refractivity (Wildman–Crippen MR) is 110 cm³/mol. The van der Waals surface area contributed by atoms with Gasteiger partial charge in [-0.3, -0.25) is 0 Å². The largest absolute Gasteiger partial charge is 0.487 e. The molecule has 0 fully saturated rings. The van der Waals surface area contributed by atoms with Crippen LogP contribution in [0.1, 0.15) is 25.0 Å². The Bertz CT molecular complexity index is 847. The van der Waals surface area contributed by atoms with Crippen molar-refractivity contribution < 1.29 is 19.6 Å². The van der Waals surface area contributed by atoms with Gasteiger partial charge in [0, 0.05) is 16.1 Å². The number of halogens is 1. The van der Waals surface area contributed by atoms with Crippen LogP contribution in [0.5, 0.6) is 5.75 Å². The number of oxime groups is 3. The first kappa shape index (κ1) is 21.2. The van der Waals surface area contributed by atoms with Gasteiger partial charge >= 0.3 is 0 Å². The third-order valence-electron chi connectivity index (χ3n) is 3.66. The Labute approximate surface area is 168 Å². The van der Waals surface area contributed by atoms with Crippen molar-refractivity contribution in [2.75, 3.05) is 20.3 Å². The highest BCUT2D eigenvalue weighted by atomic mass is 35.5. The van der Waals surface area contributed by atoms with Gasteiger partial charge in [0.25, 0.3) is 0 Å². The van der Waals surface area contributed by atoms with Gasteiger partial charge in [-0.1, -0.05) is 39.2 Å². The minimum Gasteiger partial charge on any atom is -0.487 e. The second kappa shape index (κ2) is 10.9. The van der Waals surface area contributed by atoms with E-state index in [0.717, 1.165) is 11.1 Å². The standard InChI is InChI=1S/C20H22ClN3O4/c1-4-28-24-20(14(2)22-25)16-7-11-18(12-8-16)27-13-19(23-26-3)15-5-9-17(21)10-6-15/h5-12,25H,4,13H2,1-3H3/b22-14+,23-19-,24-20-. The molecule has 0 radical (unpaired) electrons. The number of hydrogen-bond acceptors (Lipinski definition) is 7. The highest BCUT2D eigenvalue weighted by Crippen LogP contribution is 2.16. The molecule has 1 N–H and O–H groups in total. The molecule has 148 valence electrons. The summed E-state index contributed by atoms with van der Waals surface area (Å²) >= 11 is 5.93. The van der Waals surface area contributed by atoms with Crippen LogP contribution >= 0.6 is 11.6 Å². The molecule has 2 aromatic carbocycles. The molecule has 0 heterocycles. The SMILES string of the molecule is CCO/N=C(/C(C)=N/O)c1ccc(OC/C(=N/OC)c2ccc(Cl)cc2)cc1. The Kier molecular flexibility index (Phi) is 8.30. The van der Waals surface area contributed by atoms with E-state index in [4.69, 9.17) is 31.2 Å². The van der Waals surface area contributed by atoms with Crippen LogP contribution in [0.2, 0.25) is 5.02 Å². The molecule has 0 saturated carbocycles. The molecule has 0 spiro atoms. The van der Waals surface area contributed by atoms with E-state index >= 15 is 0 Å². The number of hydrogen-bond donors (Lipinski definition) is 1. The van der Waals surface area contributed by atoms with Crippen molar-refractivity contribution in [1.82, 2.24) is 0 Å². The van der Waals surface area contributed by atoms with Gasteiger partial charge in [-0.2, -0.15) is 0 Å². The fourth-order valence-corrected chi connectivity index (χ4v) is 2.41. The first-order valence-corrected chi connectivity index (χ1v) is 8.95. The van der Waals surface area contributed by atoms with E-state index in [1.165, 1.54) is 7.11 Å². The normalized spacial score (nSPS) is 12.6. The molecule has 7 nitrogen and oxygen atoms in total. The topological polar surface area (TPSA) is 85.0 Å². The lowest BCUT2D eigenvalue weighted by Gasteiger charge is -2.10. The van der Waals surface area contributed by atoms with Crippen LogP contribution in [0.4, 0.5) is 0 Å². The van der Waals surface area contributed by atoms with E-state index in [1.54, 1.807) is 43.3 Å². The summed E-state index contributed by atoms with van der Waals surface area (Å²) in [6.45, 7) is 4.09. The summed E-state index contributed by atoms with van der Waals surface area (Å²) in [7, 11) is 1.48. The first-order chi connectivity index (χ1) is 13.6. The van der Waals surface area contributed by atoms with Crippen LogP contribution < -0.4 is 4.74 Å². The van der Waals surface area contributed by atoms with Crippen molar-refractivity contribution in [3.63, 3.8) is 0 Å². The Balaban J connectivity index is 2.12. The van der Waals surface area contributed by atoms with Crippen molar-refractivity contribution in [2.45, 2.75) is 13.8 Å². The van der Waals surface area contributed by atoms with Crippen molar-refractivity contribution in [3.8, 4) is 5.75 Å². The molecule has 0 aliphatic rings. The average Bonchev–Trinajstić information content (AvgIpc) is 2.72. The van der Waals surface area contributed by atoms with Gasteiger partial charge in [0.1, 0.15) is 43.2 Å². The lowest BCUT2D eigenvalue weighted by molar-refractivity contribution is 0.159. The fourth-order valence-electron chi connectivity index (χ4n) is 2.28. The molecule has 0 aromatic heterocycles. The summed E-state index contributed by atoms with van der Waals surface area (Å²) in [5.41, 5.74) is 3.01. The molecule has 0 amide bonds. The molecular weight excluding hydrogens is 382 g/mol. The second-order valence-corrected chi connectivity index (χ2v) is 6.02. The summed E-state index contributed by atoms with van der Waals surface area (Å²) in [6.07, 6.45) is 0. The predicted octanol–water partition coefficient (Wildman–Crippen LogP) is 4.36. The maximum absolute atomic E-state index is 9.04. The maximum atomic E-state index is 9.04. The summed E-state index contributed by atoms with van der Waals surface area (Å²) in [5.74, 6) is 0.635. The Morgan fingerprint density at radius 2 is 1.64 bits per heavy atom. The van der Waals surface area contributed by atoms with Crippen LogP contribution in [-0.2, 0) is 9.68 Å². The molecule has 2 aromatic rings.